The van der Waals surface area contributed by atoms with Crippen molar-refractivity contribution in [3.63, 3.8) is 0 Å². The lowest BCUT2D eigenvalue weighted by Gasteiger charge is -2.23. The van der Waals surface area contributed by atoms with E-state index in [1.165, 1.54) is 10.8 Å². The monoisotopic (exact) mass is 278 g/mol. The fraction of sp³-hybridized carbons (Fsp3) is 0.294. The molecule has 0 aliphatic carbocycles. The minimum atomic E-state index is 0.530. The second-order valence-electron chi connectivity index (χ2n) is 5.72. The Labute approximate surface area is 123 Å². The van der Waals surface area contributed by atoms with Gasteiger partial charge in [0, 0.05) is 18.5 Å². The van der Waals surface area contributed by atoms with Crippen LogP contribution in [0, 0.1) is 5.92 Å². The van der Waals surface area contributed by atoms with E-state index >= 15 is 0 Å². The highest BCUT2D eigenvalue weighted by atomic mass is 15.3. The summed E-state index contributed by atoms with van der Waals surface area (Å²) in [5, 5.41) is 11.3. The summed E-state index contributed by atoms with van der Waals surface area (Å²) in [5.41, 5.74) is 7.01. The van der Waals surface area contributed by atoms with Crippen molar-refractivity contribution in [1.29, 1.82) is 0 Å². The van der Waals surface area contributed by atoms with Gasteiger partial charge in [-0.25, -0.2) is 0 Å². The number of rotatable bonds is 2. The van der Waals surface area contributed by atoms with Gasteiger partial charge in [-0.1, -0.05) is 42.5 Å². The van der Waals surface area contributed by atoms with Crippen LogP contribution in [0.4, 0.5) is 0 Å². The third kappa shape index (κ3) is 2.03. The molecule has 0 saturated heterocycles. The van der Waals surface area contributed by atoms with Crippen LogP contribution in [0.3, 0.4) is 0 Å². The third-order valence-electron chi connectivity index (χ3n) is 4.41. The molecule has 1 aliphatic heterocycles. The van der Waals surface area contributed by atoms with Gasteiger partial charge >= 0.3 is 0 Å². The van der Waals surface area contributed by atoms with Crippen LogP contribution in [-0.4, -0.2) is 21.3 Å². The first-order valence-corrected chi connectivity index (χ1v) is 7.47. The van der Waals surface area contributed by atoms with Gasteiger partial charge in [-0.05, 0) is 29.7 Å². The van der Waals surface area contributed by atoms with E-state index in [4.69, 9.17) is 5.73 Å². The van der Waals surface area contributed by atoms with E-state index < -0.39 is 0 Å². The van der Waals surface area contributed by atoms with Gasteiger partial charge in [0.15, 0.2) is 5.82 Å². The number of nitrogens with two attached hydrogens (primary N) is 1. The number of fused-ring (bicyclic) bond motifs is 2. The van der Waals surface area contributed by atoms with Gasteiger partial charge in [-0.3, -0.25) is 0 Å². The van der Waals surface area contributed by atoms with Crippen molar-refractivity contribution < 1.29 is 0 Å². The Bertz CT molecular complexity index is 785. The number of hydrogen-bond donors (Lipinski definition) is 1. The minimum Gasteiger partial charge on any atom is -0.330 e. The van der Waals surface area contributed by atoms with Crippen LogP contribution in [0.15, 0.2) is 42.5 Å². The SMILES string of the molecule is NCC1CCc2nnc(-c3cccc4ccccc34)n2C1. The van der Waals surface area contributed by atoms with Gasteiger partial charge in [0.1, 0.15) is 5.82 Å². The van der Waals surface area contributed by atoms with Crippen molar-refractivity contribution in [2.45, 2.75) is 19.4 Å². The van der Waals surface area contributed by atoms with E-state index in [1.807, 2.05) is 0 Å². The molecule has 21 heavy (non-hydrogen) atoms. The molecule has 2 N–H and O–H groups in total. The fourth-order valence-corrected chi connectivity index (χ4v) is 3.21. The first-order chi connectivity index (χ1) is 10.4. The van der Waals surface area contributed by atoms with E-state index in [-0.39, 0.29) is 0 Å². The largest absolute Gasteiger partial charge is 0.330 e. The summed E-state index contributed by atoms with van der Waals surface area (Å²) in [7, 11) is 0. The second kappa shape index (κ2) is 4.97. The van der Waals surface area contributed by atoms with Crippen molar-refractivity contribution in [2.75, 3.05) is 6.54 Å². The van der Waals surface area contributed by atoms with Crippen molar-refractivity contribution in [2.24, 2.45) is 11.7 Å². The Hall–Kier alpha value is -2.20. The molecule has 0 saturated carbocycles. The van der Waals surface area contributed by atoms with Crippen molar-refractivity contribution in [1.82, 2.24) is 14.8 Å². The molecule has 2 heterocycles. The lowest BCUT2D eigenvalue weighted by Crippen LogP contribution is -2.26. The molecule has 4 rings (SSSR count). The van der Waals surface area contributed by atoms with Crippen LogP contribution < -0.4 is 5.73 Å². The number of aryl methyl sites for hydroxylation is 1. The van der Waals surface area contributed by atoms with Crippen molar-refractivity contribution in [3.8, 4) is 11.4 Å². The summed E-state index contributed by atoms with van der Waals surface area (Å²) in [6, 6.07) is 14.8. The maximum atomic E-state index is 5.85. The van der Waals surface area contributed by atoms with Crippen LogP contribution in [0.1, 0.15) is 12.2 Å². The molecule has 4 nitrogen and oxygen atoms in total. The maximum Gasteiger partial charge on any atom is 0.164 e. The molecule has 3 aromatic rings. The average molecular weight is 278 g/mol. The number of nitrogens with zero attached hydrogens (tertiary/aromatic N) is 3. The predicted molar refractivity (Wildman–Crippen MR) is 83.8 cm³/mol. The van der Waals surface area contributed by atoms with E-state index in [1.54, 1.807) is 0 Å². The molecule has 0 fully saturated rings. The van der Waals surface area contributed by atoms with E-state index in [0.29, 0.717) is 5.92 Å². The Morgan fingerprint density at radius 3 is 2.86 bits per heavy atom. The summed E-state index contributed by atoms with van der Waals surface area (Å²) in [6.45, 7) is 1.66. The van der Waals surface area contributed by atoms with E-state index in [2.05, 4.69) is 57.2 Å². The van der Waals surface area contributed by atoms with Crippen LogP contribution >= 0.6 is 0 Å². The molecule has 0 bridgehead atoms. The van der Waals surface area contributed by atoms with Crippen LogP contribution in [0.5, 0.6) is 0 Å². The normalized spacial score (nSPS) is 17.9. The predicted octanol–water partition coefficient (Wildman–Crippen LogP) is 2.62. The smallest absolute Gasteiger partial charge is 0.164 e. The molecule has 1 unspecified atom stereocenters. The number of benzene rings is 2. The van der Waals surface area contributed by atoms with Crippen LogP contribution in [-0.2, 0) is 13.0 Å². The number of aromatic nitrogens is 3. The molecule has 2 aromatic carbocycles. The Balaban J connectivity index is 1.89. The first kappa shape index (κ1) is 12.5. The standard InChI is InChI=1S/C17H18N4/c18-10-12-8-9-16-19-20-17(21(16)11-12)15-7-3-5-13-4-1-2-6-14(13)15/h1-7,12H,8-11,18H2. The summed E-state index contributed by atoms with van der Waals surface area (Å²) in [4.78, 5) is 0. The zero-order chi connectivity index (χ0) is 14.2. The second-order valence-corrected chi connectivity index (χ2v) is 5.72. The molecule has 0 amide bonds. The van der Waals surface area contributed by atoms with Gasteiger partial charge < -0.3 is 10.3 Å². The van der Waals surface area contributed by atoms with Crippen molar-refractivity contribution >= 4 is 10.8 Å². The summed E-state index contributed by atoms with van der Waals surface area (Å²) in [5.74, 6) is 2.59. The van der Waals surface area contributed by atoms with Gasteiger partial charge in [-0.2, -0.15) is 0 Å². The zero-order valence-corrected chi connectivity index (χ0v) is 11.9. The highest BCUT2D eigenvalue weighted by molar-refractivity contribution is 5.95. The van der Waals surface area contributed by atoms with Crippen LogP contribution in [0.25, 0.3) is 22.2 Å². The molecular formula is C17H18N4. The van der Waals surface area contributed by atoms with Crippen LogP contribution in [0.2, 0.25) is 0 Å². The molecule has 1 aromatic heterocycles. The molecule has 1 atom stereocenters. The fourth-order valence-electron chi connectivity index (χ4n) is 3.21. The summed E-state index contributed by atoms with van der Waals surface area (Å²) < 4.78 is 2.25. The topological polar surface area (TPSA) is 56.7 Å². The van der Waals surface area contributed by atoms with Gasteiger partial charge in [0.2, 0.25) is 0 Å². The Kier molecular flexibility index (Phi) is 2.97. The van der Waals surface area contributed by atoms with Gasteiger partial charge in [0.05, 0.1) is 0 Å². The Morgan fingerprint density at radius 1 is 1.10 bits per heavy atom. The molecule has 4 heteroatoms. The minimum absolute atomic E-state index is 0.530. The lowest BCUT2D eigenvalue weighted by atomic mass is 9.98. The zero-order valence-electron chi connectivity index (χ0n) is 11.9. The van der Waals surface area contributed by atoms with E-state index in [9.17, 15) is 0 Å². The Morgan fingerprint density at radius 2 is 1.95 bits per heavy atom. The highest BCUT2D eigenvalue weighted by Crippen LogP contribution is 2.30. The third-order valence-corrected chi connectivity index (χ3v) is 4.41. The lowest BCUT2D eigenvalue weighted by molar-refractivity contribution is 0.376. The highest BCUT2D eigenvalue weighted by Gasteiger charge is 2.23. The molecular weight excluding hydrogens is 260 g/mol. The molecule has 106 valence electrons. The molecule has 0 spiro atoms. The summed E-state index contributed by atoms with van der Waals surface area (Å²) in [6.07, 6.45) is 2.09. The molecule has 1 aliphatic rings. The first-order valence-electron chi connectivity index (χ1n) is 7.47. The summed E-state index contributed by atoms with van der Waals surface area (Å²) >= 11 is 0. The van der Waals surface area contributed by atoms with Gasteiger partial charge in [0.25, 0.3) is 0 Å². The quantitative estimate of drug-likeness (QED) is 0.784. The maximum absolute atomic E-state index is 5.85. The number of hydrogen-bond acceptors (Lipinski definition) is 3. The molecule has 0 radical (unpaired) electrons. The van der Waals surface area contributed by atoms with Gasteiger partial charge in [-0.15, -0.1) is 10.2 Å². The van der Waals surface area contributed by atoms with Crippen molar-refractivity contribution in [3.05, 3.63) is 48.3 Å². The van der Waals surface area contributed by atoms with E-state index in [0.717, 1.165) is 43.1 Å². The average Bonchev–Trinajstić information content (AvgIpc) is 2.97.